The molecule has 0 radical (unpaired) electrons. The molecule has 1 aromatic heterocycles. The van der Waals surface area contributed by atoms with Crippen molar-refractivity contribution in [3.8, 4) is 0 Å². The van der Waals surface area contributed by atoms with E-state index in [1.807, 2.05) is 6.20 Å². The summed E-state index contributed by atoms with van der Waals surface area (Å²) in [7, 11) is 0. The molecule has 4 heteroatoms. The second-order valence-corrected chi connectivity index (χ2v) is 2.99. The van der Waals surface area contributed by atoms with Gasteiger partial charge < -0.3 is 5.32 Å². The highest BCUT2D eigenvalue weighted by molar-refractivity contribution is 6.99. The third-order valence-corrected chi connectivity index (χ3v) is 1.94. The molecule has 1 N–H and O–H groups in total. The zero-order chi connectivity index (χ0) is 7.94. The van der Waals surface area contributed by atoms with E-state index < -0.39 is 0 Å². The standard InChI is InChI=1S/C7H13N3S/c1-2-3-4-8-5-7-6-9-11-10-7/h6,8H,2-5H2,1H3. The lowest BCUT2D eigenvalue weighted by atomic mass is 10.3. The van der Waals surface area contributed by atoms with Crippen LogP contribution >= 0.6 is 11.7 Å². The van der Waals surface area contributed by atoms with Gasteiger partial charge in [0.2, 0.25) is 0 Å². The van der Waals surface area contributed by atoms with Crippen LogP contribution in [0.25, 0.3) is 0 Å². The lowest BCUT2D eigenvalue weighted by molar-refractivity contribution is 0.636. The highest BCUT2D eigenvalue weighted by atomic mass is 32.1. The number of aromatic nitrogens is 2. The molecule has 1 rings (SSSR count). The van der Waals surface area contributed by atoms with Crippen LogP contribution in [0.3, 0.4) is 0 Å². The Labute approximate surface area is 71.2 Å². The first-order valence-corrected chi connectivity index (χ1v) is 4.63. The van der Waals surface area contributed by atoms with Crippen molar-refractivity contribution < 1.29 is 0 Å². The lowest BCUT2D eigenvalue weighted by Gasteiger charge is -1.98. The highest BCUT2D eigenvalue weighted by Crippen LogP contribution is 1.93. The Hall–Kier alpha value is -0.480. The summed E-state index contributed by atoms with van der Waals surface area (Å²) in [6, 6.07) is 0. The SMILES string of the molecule is CCCCNCc1cnsn1. The Morgan fingerprint density at radius 1 is 1.64 bits per heavy atom. The van der Waals surface area contributed by atoms with Crippen LogP contribution < -0.4 is 5.32 Å². The minimum atomic E-state index is 0.858. The molecule has 0 spiro atoms. The van der Waals surface area contributed by atoms with Gasteiger partial charge in [-0.05, 0) is 13.0 Å². The summed E-state index contributed by atoms with van der Waals surface area (Å²) in [5.74, 6) is 0. The van der Waals surface area contributed by atoms with Crippen molar-refractivity contribution in [3.05, 3.63) is 11.9 Å². The number of unbranched alkanes of at least 4 members (excludes halogenated alkanes) is 1. The second-order valence-electron chi connectivity index (χ2n) is 2.43. The van der Waals surface area contributed by atoms with E-state index >= 15 is 0 Å². The fraction of sp³-hybridized carbons (Fsp3) is 0.714. The van der Waals surface area contributed by atoms with Gasteiger partial charge in [0.05, 0.1) is 23.6 Å². The number of rotatable bonds is 5. The van der Waals surface area contributed by atoms with E-state index in [1.54, 1.807) is 0 Å². The summed E-state index contributed by atoms with van der Waals surface area (Å²) < 4.78 is 7.99. The van der Waals surface area contributed by atoms with Gasteiger partial charge in [0, 0.05) is 6.54 Å². The van der Waals surface area contributed by atoms with E-state index in [2.05, 4.69) is 21.0 Å². The molecular formula is C7H13N3S. The van der Waals surface area contributed by atoms with Crippen LogP contribution in [0.1, 0.15) is 25.5 Å². The van der Waals surface area contributed by atoms with Crippen LogP contribution in [0.2, 0.25) is 0 Å². The molecular weight excluding hydrogens is 158 g/mol. The summed E-state index contributed by atoms with van der Waals surface area (Å²) in [6.45, 7) is 4.12. The first kappa shape index (κ1) is 8.62. The van der Waals surface area contributed by atoms with E-state index in [0.717, 1.165) is 18.8 Å². The van der Waals surface area contributed by atoms with E-state index in [1.165, 1.54) is 24.6 Å². The monoisotopic (exact) mass is 171 g/mol. The molecule has 0 bridgehead atoms. The van der Waals surface area contributed by atoms with E-state index in [-0.39, 0.29) is 0 Å². The van der Waals surface area contributed by atoms with Crippen molar-refractivity contribution in [2.45, 2.75) is 26.3 Å². The Bertz CT molecular complexity index is 174. The maximum Gasteiger partial charge on any atom is 0.0880 e. The molecule has 1 aromatic rings. The van der Waals surface area contributed by atoms with E-state index in [4.69, 9.17) is 0 Å². The summed E-state index contributed by atoms with van der Waals surface area (Å²) in [6.07, 6.45) is 4.28. The van der Waals surface area contributed by atoms with Crippen LogP contribution in [-0.2, 0) is 6.54 Å². The van der Waals surface area contributed by atoms with Gasteiger partial charge in [0.1, 0.15) is 0 Å². The smallest absolute Gasteiger partial charge is 0.0880 e. The average molecular weight is 171 g/mol. The molecule has 11 heavy (non-hydrogen) atoms. The van der Waals surface area contributed by atoms with Gasteiger partial charge in [-0.3, -0.25) is 0 Å². The van der Waals surface area contributed by atoms with Gasteiger partial charge in [0.15, 0.2) is 0 Å². The molecule has 62 valence electrons. The second kappa shape index (κ2) is 5.21. The quantitative estimate of drug-likeness (QED) is 0.681. The molecule has 0 saturated heterocycles. The van der Waals surface area contributed by atoms with Crippen molar-refractivity contribution in [2.75, 3.05) is 6.54 Å². The first-order chi connectivity index (χ1) is 5.43. The van der Waals surface area contributed by atoms with Crippen molar-refractivity contribution in [3.63, 3.8) is 0 Å². The highest BCUT2D eigenvalue weighted by Gasteiger charge is 1.93. The summed E-state index contributed by atoms with van der Waals surface area (Å²) in [5, 5.41) is 3.29. The zero-order valence-corrected chi connectivity index (χ0v) is 7.52. The van der Waals surface area contributed by atoms with Crippen molar-refractivity contribution in [1.29, 1.82) is 0 Å². The maximum atomic E-state index is 4.08. The molecule has 3 nitrogen and oxygen atoms in total. The van der Waals surface area contributed by atoms with Crippen LogP contribution in [0.4, 0.5) is 0 Å². The predicted molar refractivity (Wildman–Crippen MR) is 46.5 cm³/mol. The molecule has 0 amide bonds. The normalized spacial score (nSPS) is 10.3. The van der Waals surface area contributed by atoms with E-state index in [9.17, 15) is 0 Å². The average Bonchev–Trinajstić information content (AvgIpc) is 2.50. The van der Waals surface area contributed by atoms with Gasteiger partial charge in [-0.25, -0.2) is 0 Å². The number of hydrogen-bond donors (Lipinski definition) is 1. The predicted octanol–water partition coefficient (Wildman–Crippen LogP) is 1.43. The zero-order valence-electron chi connectivity index (χ0n) is 6.71. The largest absolute Gasteiger partial charge is 0.311 e. The van der Waals surface area contributed by atoms with Gasteiger partial charge in [-0.2, -0.15) is 8.75 Å². The topological polar surface area (TPSA) is 37.8 Å². The number of nitrogens with zero attached hydrogens (tertiary/aromatic N) is 2. The van der Waals surface area contributed by atoms with Gasteiger partial charge in [-0.1, -0.05) is 13.3 Å². The summed E-state index contributed by atoms with van der Waals surface area (Å²) in [5.41, 5.74) is 1.05. The molecule has 0 aliphatic heterocycles. The Morgan fingerprint density at radius 2 is 2.55 bits per heavy atom. The maximum absolute atomic E-state index is 4.08. The van der Waals surface area contributed by atoms with Gasteiger partial charge in [0.25, 0.3) is 0 Å². The molecule has 0 aromatic carbocycles. The molecule has 0 fully saturated rings. The minimum absolute atomic E-state index is 0.858. The third kappa shape index (κ3) is 3.43. The van der Waals surface area contributed by atoms with E-state index in [0.29, 0.717) is 0 Å². The number of hydrogen-bond acceptors (Lipinski definition) is 4. The fourth-order valence-electron chi connectivity index (χ4n) is 0.780. The Kier molecular flexibility index (Phi) is 4.08. The molecule has 0 aliphatic carbocycles. The van der Waals surface area contributed by atoms with Crippen LogP contribution in [0.5, 0.6) is 0 Å². The fourth-order valence-corrected chi connectivity index (χ4v) is 1.21. The van der Waals surface area contributed by atoms with Crippen molar-refractivity contribution in [2.24, 2.45) is 0 Å². The van der Waals surface area contributed by atoms with Gasteiger partial charge in [-0.15, -0.1) is 0 Å². The van der Waals surface area contributed by atoms with Crippen LogP contribution in [0.15, 0.2) is 6.20 Å². The molecule has 0 atom stereocenters. The lowest BCUT2D eigenvalue weighted by Crippen LogP contribution is -2.14. The van der Waals surface area contributed by atoms with Crippen LogP contribution in [0, 0.1) is 0 Å². The number of nitrogens with one attached hydrogen (secondary N) is 1. The van der Waals surface area contributed by atoms with Crippen molar-refractivity contribution in [1.82, 2.24) is 14.1 Å². The Balaban J connectivity index is 2.04. The third-order valence-electron chi connectivity index (χ3n) is 1.42. The summed E-state index contributed by atoms with van der Waals surface area (Å²) >= 11 is 1.26. The summed E-state index contributed by atoms with van der Waals surface area (Å²) in [4.78, 5) is 0. The molecule has 0 aliphatic rings. The Morgan fingerprint density at radius 3 is 3.18 bits per heavy atom. The minimum Gasteiger partial charge on any atom is -0.311 e. The van der Waals surface area contributed by atoms with Crippen molar-refractivity contribution >= 4 is 11.7 Å². The molecule has 1 heterocycles. The first-order valence-electron chi connectivity index (χ1n) is 3.90. The molecule has 0 saturated carbocycles. The van der Waals surface area contributed by atoms with Gasteiger partial charge >= 0.3 is 0 Å². The molecule has 0 unspecified atom stereocenters. The van der Waals surface area contributed by atoms with Crippen LogP contribution in [-0.4, -0.2) is 15.3 Å².